The van der Waals surface area contributed by atoms with E-state index in [9.17, 15) is 4.79 Å². The summed E-state index contributed by atoms with van der Waals surface area (Å²) in [5, 5.41) is 2.91. The highest BCUT2D eigenvalue weighted by Gasteiger charge is 2.32. The van der Waals surface area contributed by atoms with Crippen LogP contribution in [0.1, 0.15) is 29.4 Å². The lowest BCUT2D eigenvalue weighted by Crippen LogP contribution is -2.27. The summed E-state index contributed by atoms with van der Waals surface area (Å²) in [6.45, 7) is 4.78. The van der Waals surface area contributed by atoms with Gasteiger partial charge < -0.3 is 10.7 Å². The Kier molecular flexibility index (Phi) is 3.28. The zero-order valence-corrected chi connectivity index (χ0v) is 10.2. The number of hydrogen-bond donors (Lipinski definition) is 3. The van der Waals surface area contributed by atoms with E-state index in [4.69, 9.17) is 5.84 Å². The van der Waals surface area contributed by atoms with Crippen molar-refractivity contribution in [3.63, 3.8) is 0 Å². The molecule has 0 aliphatic heterocycles. The van der Waals surface area contributed by atoms with Gasteiger partial charge in [0.15, 0.2) is 0 Å². The molecule has 5 heteroatoms. The van der Waals surface area contributed by atoms with E-state index < -0.39 is 0 Å². The van der Waals surface area contributed by atoms with Gasteiger partial charge in [-0.05, 0) is 31.2 Å². The predicted octanol–water partition coefficient (Wildman–Crippen LogP) is 1.06. The van der Waals surface area contributed by atoms with Crippen molar-refractivity contribution in [2.45, 2.75) is 20.3 Å². The number of pyridine rings is 1. The summed E-state index contributed by atoms with van der Waals surface area (Å²) >= 11 is 0. The highest BCUT2D eigenvalue weighted by atomic mass is 16.1. The molecule has 1 aromatic heterocycles. The molecule has 2 atom stereocenters. The molecule has 2 unspecified atom stereocenters. The molecule has 2 rings (SSSR count). The normalized spacial score (nSPS) is 22.1. The maximum Gasteiger partial charge on any atom is 0.255 e. The van der Waals surface area contributed by atoms with Crippen LogP contribution in [-0.2, 0) is 0 Å². The number of nitrogens with one attached hydrogen (secondary N) is 2. The highest BCUT2D eigenvalue weighted by molar-refractivity contribution is 5.99. The molecule has 0 bridgehead atoms. The van der Waals surface area contributed by atoms with Gasteiger partial charge >= 0.3 is 0 Å². The molecule has 5 nitrogen and oxygen atoms in total. The Morgan fingerprint density at radius 2 is 2.35 bits per heavy atom. The monoisotopic (exact) mass is 234 g/mol. The number of hydrogen-bond acceptors (Lipinski definition) is 4. The second kappa shape index (κ2) is 4.71. The minimum Gasteiger partial charge on any atom is -0.352 e. The van der Waals surface area contributed by atoms with Gasteiger partial charge in [0, 0.05) is 18.4 Å². The predicted molar refractivity (Wildman–Crippen MR) is 66.4 cm³/mol. The second-order valence-electron chi connectivity index (χ2n) is 4.70. The van der Waals surface area contributed by atoms with Gasteiger partial charge in [0.1, 0.15) is 0 Å². The number of aromatic nitrogens is 1. The van der Waals surface area contributed by atoms with Gasteiger partial charge in [-0.25, -0.2) is 0 Å². The minimum atomic E-state index is -0.121. The Bertz CT molecular complexity index is 433. The fourth-order valence-electron chi connectivity index (χ4n) is 1.86. The molecule has 1 aliphatic carbocycles. The Labute approximate surface area is 101 Å². The molecule has 0 radical (unpaired) electrons. The lowest BCUT2D eigenvalue weighted by Gasteiger charge is -2.09. The Hall–Kier alpha value is -1.62. The van der Waals surface area contributed by atoms with Crippen LogP contribution in [0.3, 0.4) is 0 Å². The van der Waals surface area contributed by atoms with E-state index in [1.165, 1.54) is 6.42 Å². The fourth-order valence-corrected chi connectivity index (χ4v) is 1.86. The van der Waals surface area contributed by atoms with Gasteiger partial charge in [-0.3, -0.25) is 15.6 Å². The van der Waals surface area contributed by atoms with Crippen LogP contribution in [0.25, 0.3) is 0 Å². The summed E-state index contributed by atoms with van der Waals surface area (Å²) in [4.78, 5) is 16.0. The van der Waals surface area contributed by atoms with Crippen LogP contribution in [0.2, 0.25) is 0 Å². The van der Waals surface area contributed by atoms with E-state index in [-0.39, 0.29) is 5.91 Å². The standard InChI is InChI=1S/C12H18N4O/c1-7-3-9(7)5-15-12(17)10-6-14-8(2)4-11(10)16-13/h4,6-7,9H,3,5,13H2,1-2H3,(H,14,16)(H,15,17). The van der Waals surface area contributed by atoms with Crippen LogP contribution in [0.4, 0.5) is 5.69 Å². The van der Waals surface area contributed by atoms with Crippen molar-refractivity contribution >= 4 is 11.6 Å². The molecule has 1 aliphatic rings. The molecular weight excluding hydrogens is 216 g/mol. The number of amides is 1. The first-order chi connectivity index (χ1) is 8.11. The second-order valence-corrected chi connectivity index (χ2v) is 4.70. The van der Waals surface area contributed by atoms with Crippen LogP contribution < -0.4 is 16.6 Å². The van der Waals surface area contributed by atoms with Gasteiger partial charge in [0.05, 0.1) is 11.3 Å². The summed E-state index contributed by atoms with van der Waals surface area (Å²) in [6, 6.07) is 1.76. The van der Waals surface area contributed by atoms with E-state index in [1.807, 2.05) is 6.92 Å². The third-order valence-electron chi connectivity index (χ3n) is 3.24. The number of carbonyl (C=O) groups is 1. The molecule has 4 N–H and O–H groups in total. The van der Waals surface area contributed by atoms with E-state index in [2.05, 4.69) is 22.7 Å². The van der Waals surface area contributed by atoms with Crippen molar-refractivity contribution in [3.05, 3.63) is 23.5 Å². The Morgan fingerprint density at radius 1 is 1.65 bits per heavy atom. The molecule has 17 heavy (non-hydrogen) atoms. The van der Waals surface area contributed by atoms with Crippen LogP contribution in [-0.4, -0.2) is 17.4 Å². The smallest absolute Gasteiger partial charge is 0.255 e. The van der Waals surface area contributed by atoms with Crippen molar-refractivity contribution in [3.8, 4) is 0 Å². The number of nitrogen functional groups attached to an aromatic ring is 1. The molecule has 1 saturated carbocycles. The number of rotatable bonds is 4. The van der Waals surface area contributed by atoms with E-state index in [0.29, 0.717) is 17.2 Å². The molecule has 1 fully saturated rings. The zero-order chi connectivity index (χ0) is 12.4. The van der Waals surface area contributed by atoms with Crippen molar-refractivity contribution < 1.29 is 4.79 Å². The molecule has 1 heterocycles. The maximum atomic E-state index is 11.9. The Balaban J connectivity index is 2.02. The van der Waals surface area contributed by atoms with Crippen LogP contribution in [0, 0.1) is 18.8 Å². The average Bonchev–Trinajstić information content (AvgIpc) is 3.02. The molecule has 0 saturated heterocycles. The van der Waals surface area contributed by atoms with Crippen LogP contribution in [0.5, 0.6) is 0 Å². The van der Waals surface area contributed by atoms with Gasteiger partial charge in [0.2, 0.25) is 0 Å². The fraction of sp³-hybridized carbons (Fsp3) is 0.500. The lowest BCUT2D eigenvalue weighted by atomic mass is 10.2. The topological polar surface area (TPSA) is 80.0 Å². The lowest BCUT2D eigenvalue weighted by molar-refractivity contribution is 0.0952. The van der Waals surface area contributed by atoms with Crippen molar-refractivity contribution in [2.75, 3.05) is 12.0 Å². The first kappa shape index (κ1) is 11.9. The van der Waals surface area contributed by atoms with Gasteiger partial charge in [0.25, 0.3) is 5.91 Å². The summed E-state index contributed by atoms with van der Waals surface area (Å²) < 4.78 is 0. The van der Waals surface area contributed by atoms with Crippen LogP contribution in [0.15, 0.2) is 12.3 Å². The third-order valence-corrected chi connectivity index (χ3v) is 3.24. The maximum absolute atomic E-state index is 11.9. The summed E-state index contributed by atoms with van der Waals surface area (Å²) in [6.07, 6.45) is 2.75. The molecule has 92 valence electrons. The first-order valence-corrected chi connectivity index (χ1v) is 5.83. The summed E-state index contributed by atoms with van der Waals surface area (Å²) in [7, 11) is 0. The van der Waals surface area contributed by atoms with E-state index in [0.717, 1.165) is 18.2 Å². The van der Waals surface area contributed by atoms with Crippen molar-refractivity contribution in [1.82, 2.24) is 10.3 Å². The van der Waals surface area contributed by atoms with Gasteiger partial charge in [-0.15, -0.1) is 0 Å². The number of carbonyl (C=O) groups excluding carboxylic acids is 1. The quantitative estimate of drug-likeness (QED) is 0.537. The minimum absolute atomic E-state index is 0.121. The largest absolute Gasteiger partial charge is 0.352 e. The van der Waals surface area contributed by atoms with Gasteiger partial charge in [-0.2, -0.15) is 0 Å². The number of nitrogens with zero attached hydrogens (tertiary/aromatic N) is 1. The molecule has 1 amide bonds. The molecule has 0 aromatic carbocycles. The number of nitrogens with two attached hydrogens (primary N) is 1. The Morgan fingerprint density at radius 3 is 2.94 bits per heavy atom. The van der Waals surface area contributed by atoms with Crippen molar-refractivity contribution in [1.29, 1.82) is 0 Å². The molecular formula is C12H18N4O. The van der Waals surface area contributed by atoms with Gasteiger partial charge in [-0.1, -0.05) is 6.92 Å². The molecule has 1 aromatic rings. The number of aryl methyl sites for hydroxylation is 1. The summed E-state index contributed by atoms with van der Waals surface area (Å²) in [5.74, 6) is 6.64. The third kappa shape index (κ3) is 2.74. The SMILES string of the molecule is Cc1cc(NN)c(C(=O)NCC2CC2C)cn1. The van der Waals surface area contributed by atoms with E-state index >= 15 is 0 Å². The summed E-state index contributed by atoms with van der Waals surface area (Å²) in [5.41, 5.74) is 4.45. The average molecular weight is 234 g/mol. The number of anilines is 1. The number of hydrazine groups is 1. The van der Waals surface area contributed by atoms with Crippen LogP contribution >= 0.6 is 0 Å². The highest BCUT2D eigenvalue weighted by Crippen LogP contribution is 2.36. The van der Waals surface area contributed by atoms with E-state index in [1.54, 1.807) is 12.3 Å². The molecule has 0 spiro atoms. The van der Waals surface area contributed by atoms with Crippen molar-refractivity contribution in [2.24, 2.45) is 17.7 Å². The zero-order valence-electron chi connectivity index (χ0n) is 10.2. The first-order valence-electron chi connectivity index (χ1n) is 5.83.